The summed E-state index contributed by atoms with van der Waals surface area (Å²) < 4.78 is 39.0. The molecule has 1 heterocycles. The van der Waals surface area contributed by atoms with E-state index in [1.807, 2.05) is 23.2 Å². The lowest BCUT2D eigenvalue weighted by atomic mass is 10.1. The molecule has 0 N–H and O–H groups in total. The predicted octanol–water partition coefficient (Wildman–Crippen LogP) is 4.28. The molecule has 0 spiro atoms. The molecule has 0 radical (unpaired) electrons. The summed E-state index contributed by atoms with van der Waals surface area (Å²) in [6.07, 6.45) is -3.05. The standard InChI is InChI=1S/C19H20F3N3.ClH/c20-19(21,22)18-9-5-4-8-17(18)14-23-25-12-10-24(11-13-25)15-16-6-2-1-3-7-16;/h1-9,14H,10-13,15H2;1H/b23-14+;. The number of rotatable bonds is 4. The van der Waals surface area contributed by atoms with Crippen LogP contribution in [0.15, 0.2) is 59.7 Å². The maximum Gasteiger partial charge on any atom is 0.417 e. The Morgan fingerprint density at radius 3 is 2.15 bits per heavy atom. The summed E-state index contributed by atoms with van der Waals surface area (Å²) in [5.74, 6) is 0. The van der Waals surface area contributed by atoms with Crippen LogP contribution in [-0.2, 0) is 12.7 Å². The van der Waals surface area contributed by atoms with Gasteiger partial charge in [-0.3, -0.25) is 9.91 Å². The zero-order valence-electron chi connectivity index (χ0n) is 14.2. The number of halogens is 4. The summed E-state index contributed by atoms with van der Waals surface area (Å²) in [4.78, 5) is 2.32. The van der Waals surface area contributed by atoms with Gasteiger partial charge in [-0.25, -0.2) is 0 Å². The molecule has 0 aliphatic carbocycles. The number of hydrazone groups is 1. The van der Waals surface area contributed by atoms with Gasteiger partial charge in [0.05, 0.1) is 11.8 Å². The molecule has 2 aromatic carbocycles. The van der Waals surface area contributed by atoms with Gasteiger partial charge in [-0.1, -0.05) is 48.5 Å². The van der Waals surface area contributed by atoms with Crippen molar-refractivity contribution in [1.82, 2.24) is 9.91 Å². The highest BCUT2D eigenvalue weighted by Gasteiger charge is 2.32. The van der Waals surface area contributed by atoms with E-state index >= 15 is 0 Å². The largest absolute Gasteiger partial charge is 0.417 e. The fraction of sp³-hybridized carbons (Fsp3) is 0.316. The Kier molecular flexibility index (Phi) is 7.06. The van der Waals surface area contributed by atoms with Crippen LogP contribution in [-0.4, -0.2) is 42.3 Å². The summed E-state index contributed by atoms with van der Waals surface area (Å²) in [5, 5.41) is 6.08. The van der Waals surface area contributed by atoms with Crippen LogP contribution in [0.2, 0.25) is 0 Å². The van der Waals surface area contributed by atoms with Gasteiger partial charge in [-0.15, -0.1) is 12.4 Å². The normalized spacial score (nSPS) is 15.9. The van der Waals surface area contributed by atoms with Crippen molar-refractivity contribution >= 4 is 18.6 Å². The Hall–Kier alpha value is -2.05. The van der Waals surface area contributed by atoms with Gasteiger partial charge < -0.3 is 0 Å². The Morgan fingerprint density at radius 1 is 0.885 bits per heavy atom. The van der Waals surface area contributed by atoms with Gasteiger partial charge in [0.15, 0.2) is 0 Å². The van der Waals surface area contributed by atoms with Crippen LogP contribution in [0.5, 0.6) is 0 Å². The monoisotopic (exact) mass is 383 g/mol. The number of hydrogen-bond acceptors (Lipinski definition) is 3. The van der Waals surface area contributed by atoms with E-state index in [0.717, 1.165) is 25.7 Å². The molecule has 0 aromatic heterocycles. The maximum atomic E-state index is 13.0. The first-order valence-electron chi connectivity index (χ1n) is 8.24. The molecule has 2 aromatic rings. The van der Waals surface area contributed by atoms with Crippen molar-refractivity contribution in [2.24, 2.45) is 5.10 Å². The molecular weight excluding hydrogens is 363 g/mol. The zero-order valence-corrected chi connectivity index (χ0v) is 15.0. The number of piperazine rings is 1. The third-order valence-electron chi connectivity index (χ3n) is 4.22. The summed E-state index contributed by atoms with van der Waals surface area (Å²) in [5.41, 5.74) is 0.710. The Bertz CT molecular complexity index is 711. The fourth-order valence-corrected chi connectivity index (χ4v) is 2.86. The molecule has 0 saturated carbocycles. The van der Waals surface area contributed by atoms with E-state index in [1.165, 1.54) is 23.9 Å². The van der Waals surface area contributed by atoms with Gasteiger partial charge in [0, 0.05) is 38.3 Å². The summed E-state index contributed by atoms with van der Waals surface area (Å²) in [6.45, 7) is 3.98. The minimum Gasteiger partial charge on any atom is -0.295 e. The SMILES string of the molecule is Cl.FC(F)(F)c1ccccc1/C=N/N1CCN(Cc2ccccc2)CC1. The molecule has 1 aliphatic rings. The maximum absolute atomic E-state index is 13.0. The van der Waals surface area contributed by atoms with Gasteiger partial charge in [0.25, 0.3) is 0 Å². The van der Waals surface area contributed by atoms with Crippen LogP contribution in [0.1, 0.15) is 16.7 Å². The fourth-order valence-electron chi connectivity index (χ4n) is 2.86. The predicted molar refractivity (Wildman–Crippen MR) is 99.6 cm³/mol. The molecule has 0 unspecified atom stereocenters. The molecule has 7 heteroatoms. The molecule has 1 saturated heterocycles. The van der Waals surface area contributed by atoms with E-state index in [-0.39, 0.29) is 18.0 Å². The Balaban J connectivity index is 0.00000243. The van der Waals surface area contributed by atoms with Crippen molar-refractivity contribution in [2.45, 2.75) is 12.7 Å². The molecule has 0 amide bonds. The van der Waals surface area contributed by atoms with Crippen molar-refractivity contribution < 1.29 is 13.2 Å². The second kappa shape index (κ2) is 9.05. The van der Waals surface area contributed by atoms with Crippen molar-refractivity contribution in [1.29, 1.82) is 0 Å². The third kappa shape index (κ3) is 5.47. The molecule has 1 fully saturated rings. The third-order valence-corrected chi connectivity index (χ3v) is 4.22. The van der Waals surface area contributed by atoms with E-state index in [9.17, 15) is 13.2 Å². The van der Waals surface area contributed by atoms with Gasteiger partial charge >= 0.3 is 6.18 Å². The average Bonchev–Trinajstić information content (AvgIpc) is 2.61. The molecule has 3 nitrogen and oxygen atoms in total. The van der Waals surface area contributed by atoms with Crippen LogP contribution in [0.25, 0.3) is 0 Å². The lowest BCUT2D eigenvalue weighted by molar-refractivity contribution is -0.137. The first-order chi connectivity index (χ1) is 12.0. The first-order valence-corrected chi connectivity index (χ1v) is 8.24. The number of hydrogen-bond donors (Lipinski definition) is 0. The zero-order chi connectivity index (χ0) is 17.7. The van der Waals surface area contributed by atoms with E-state index in [0.29, 0.717) is 13.1 Å². The van der Waals surface area contributed by atoms with Gasteiger partial charge in [-0.2, -0.15) is 18.3 Å². The molecule has 0 bridgehead atoms. The van der Waals surface area contributed by atoms with Crippen molar-refractivity contribution in [3.05, 3.63) is 71.3 Å². The highest BCUT2D eigenvalue weighted by atomic mass is 35.5. The highest BCUT2D eigenvalue weighted by Crippen LogP contribution is 2.31. The van der Waals surface area contributed by atoms with Crippen molar-refractivity contribution in [3.63, 3.8) is 0 Å². The number of alkyl halides is 3. The summed E-state index contributed by atoms with van der Waals surface area (Å²) >= 11 is 0. The second-order valence-corrected chi connectivity index (χ2v) is 6.04. The first kappa shape index (κ1) is 20.3. The van der Waals surface area contributed by atoms with Gasteiger partial charge in [-0.05, 0) is 11.6 Å². The molecule has 0 atom stereocenters. The van der Waals surface area contributed by atoms with Crippen molar-refractivity contribution in [2.75, 3.05) is 26.2 Å². The summed E-state index contributed by atoms with van der Waals surface area (Å²) in [6, 6.07) is 15.7. The van der Waals surface area contributed by atoms with Crippen molar-refractivity contribution in [3.8, 4) is 0 Å². The van der Waals surface area contributed by atoms with Crippen LogP contribution >= 0.6 is 12.4 Å². The summed E-state index contributed by atoms with van der Waals surface area (Å²) in [7, 11) is 0. The molecular formula is C19H21ClF3N3. The van der Waals surface area contributed by atoms with Crippen LogP contribution < -0.4 is 0 Å². The molecule has 3 rings (SSSR count). The lowest BCUT2D eigenvalue weighted by Crippen LogP contribution is -2.43. The van der Waals surface area contributed by atoms with E-state index in [4.69, 9.17) is 0 Å². The molecule has 140 valence electrons. The smallest absolute Gasteiger partial charge is 0.295 e. The average molecular weight is 384 g/mol. The van der Waals surface area contributed by atoms with Gasteiger partial charge in [0.1, 0.15) is 0 Å². The quantitative estimate of drug-likeness (QED) is 0.734. The second-order valence-electron chi connectivity index (χ2n) is 6.04. The Labute approximate surface area is 157 Å². The van der Waals surface area contributed by atoms with Crippen LogP contribution in [0, 0.1) is 0 Å². The van der Waals surface area contributed by atoms with Crippen LogP contribution in [0.4, 0.5) is 13.2 Å². The topological polar surface area (TPSA) is 18.8 Å². The number of nitrogens with zero attached hydrogens (tertiary/aromatic N) is 3. The number of benzene rings is 2. The molecule has 26 heavy (non-hydrogen) atoms. The Morgan fingerprint density at radius 2 is 1.50 bits per heavy atom. The van der Waals surface area contributed by atoms with E-state index < -0.39 is 11.7 Å². The minimum absolute atomic E-state index is 0. The van der Waals surface area contributed by atoms with E-state index in [2.05, 4.69) is 22.1 Å². The van der Waals surface area contributed by atoms with Crippen LogP contribution in [0.3, 0.4) is 0 Å². The lowest BCUT2D eigenvalue weighted by Gasteiger charge is -2.33. The minimum atomic E-state index is -4.36. The van der Waals surface area contributed by atoms with E-state index in [1.54, 1.807) is 6.07 Å². The van der Waals surface area contributed by atoms with Gasteiger partial charge in [0.2, 0.25) is 0 Å². The highest BCUT2D eigenvalue weighted by molar-refractivity contribution is 5.85. The molecule has 1 aliphatic heterocycles.